The summed E-state index contributed by atoms with van der Waals surface area (Å²) in [6.07, 6.45) is 0.697. The molecule has 0 aromatic heterocycles. The minimum Gasteiger partial charge on any atom is -0.378 e. The highest BCUT2D eigenvalue weighted by atomic mass is 16.6. The zero-order valence-corrected chi connectivity index (χ0v) is 13.2. The molecule has 0 saturated heterocycles. The maximum absolute atomic E-state index is 8.41. The second-order valence-corrected chi connectivity index (χ2v) is 4.86. The lowest BCUT2D eigenvalue weighted by Gasteiger charge is -2.19. The van der Waals surface area contributed by atoms with Crippen molar-refractivity contribution in [3.63, 3.8) is 0 Å². The van der Waals surface area contributed by atoms with Crippen LogP contribution in [0.1, 0.15) is 33.6 Å². The smallest absolute Gasteiger partial charge is 0.0781 e. The van der Waals surface area contributed by atoms with Gasteiger partial charge in [-0.3, -0.25) is 0 Å². The van der Waals surface area contributed by atoms with Crippen molar-refractivity contribution in [2.24, 2.45) is 0 Å². The molecule has 6 heteroatoms. The fraction of sp³-hybridized carbons (Fsp3) is 0.867. The summed E-state index contributed by atoms with van der Waals surface area (Å²) in [4.78, 5) is 0. The summed E-state index contributed by atoms with van der Waals surface area (Å²) >= 11 is 0. The van der Waals surface area contributed by atoms with E-state index >= 15 is 0 Å². The van der Waals surface area contributed by atoms with Crippen molar-refractivity contribution in [3.8, 4) is 12.1 Å². The molecule has 0 radical (unpaired) electrons. The predicted molar refractivity (Wildman–Crippen MR) is 77.5 cm³/mol. The summed E-state index contributed by atoms with van der Waals surface area (Å²) in [5.41, 5.74) is 0. The first-order valence-electron chi connectivity index (χ1n) is 7.26. The maximum atomic E-state index is 8.41. The molecule has 0 aliphatic rings. The van der Waals surface area contributed by atoms with Crippen LogP contribution < -0.4 is 0 Å². The first-order chi connectivity index (χ1) is 10.1. The van der Waals surface area contributed by atoms with Gasteiger partial charge < -0.3 is 18.9 Å². The Bertz CT molecular complexity index is 325. The SMILES string of the molecule is CC(COCCC#N)OCC(C)OCC(C)OCCC#N. The molecule has 0 saturated carbocycles. The minimum atomic E-state index is -0.0347. The topological polar surface area (TPSA) is 84.5 Å². The van der Waals surface area contributed by atoms with Crippen molar-refractivity contribution in [2.75, 3.05) is 33.0 Å². The number of hydrogen-bond acceptors (Lipinski definition) is 6. The van der Waals surface area contributed by atoms with E-state index in [-0.39, 0.29) is 18.3 Å². The Morgan fingerprint density at radius 3 is 1.76 bits per heavy atom. The summed E-state index contributed by atoms with van der Waals surface area (Å²) in [5, 5.41) is 16.8. The third-order valence-electron chi connectivity index (χ3n) is 2.56. The van der Waals surface area contributed by atoms with Crippen molar-refractivity contribution in [1.29, 1.82) is 10.5 Å². The molecule has 0 amide bonds. The average molecular weight is 298 g/mol. The molecule has 0 spiro atoms. The quantitative estimate of drug-likeness (QED) is 0.484. The third kappa shape index (κ3) is 13.6. The highest BCUT2D eigenvalue weighted by Crippen LogP contribution is 2.01. The molecule has 0 aliphatic heterocycles. The van der Waals surface area contributed by atoms with Gasteiger partial charge in [-0.2, -0.15) is 10.5 Å². The van der Waals surface area contributed by atoms with Crippen LogP contribution in [0.5, 0.6) is 0 Å². The summed E-state index contributed by atoms with van der Waals surface area (Å²) in [5.74, 6) is 0. The van der Waals surface area contributed by atoms with Gasteiger partial charge in [0.05, 0.1) is 76.3 Å². The van der Waals surface area contributed by atoms with Crippen molar-refractivity contribution >= 4 is 0 Å². The molecule has 0 heterocycles. The monoisotopic (exact) mass is 298 g/mol. The van der Waals surface area contributed by atoms with Crippen LogP contribution in [-0.4, -0.2) is 51.3 Å². The van der Waals surface area contributed by atoms with Crippen LogP contribution in [0.3, 0.4) is 0 Å². The second kappa shape index (κ2) is 13.8. The fourth-order valence-electron chi connectivity index (χ4n) is 1.42. The molecule has 0 bridgehead atoms. The summed E-state index contributed by atoms with van der Waals surface area (Å²) in [6.45, 7) is 8.07. The average Bonchev–Trinajstić information content (AvgIpc) is 2.47. The standard InChI is InChI=1S/C15H26N2O4/c1-13(10-18-8-4-6-16)20-12-15(3)21-11-14(2)19-9-5-7-17/h13-15H,4-5,8-12H2,1-3H3. The lowest BCUT2D eigenvalue weighted by atomic mass is 10.4. The van der Waals surface area contributed by atoms with Gasteiger partial charge in [0.2, 0.25) is 0 Å². The van der Waals surface area contributed by atoms with Gasteiger partial charge in [-0.25, -0.2) is 0 Å². The highest BCUT2D eigenvalue weighted by molar-refractivity contribution is 4.68. The van der Waals surface area contributed by atoms with Crippen LogP contribution >= 0.6 is 0 Å². The van der Waals surface area contributed by atoms with E-state index in [0.717, 1.165) is 0 Å². The summed E-state index contributed by atoms with van der Waals surface area (Å²) in [6, 6.07) is 4.05. The maximum Gasteiger partial charge on any atom is 0.0781 e. The normalized spacial score (nSPS) is 14.9. The number of hydrogen-bond donors (Lipinski definition) is 0. The molecule has 0 N–H and O–H groups in total. The molecular formula is C15H26N2O4. The van der Waals surface area contributed by atoms with E-state index in [1.165, 1.54) is 0 Å². The molecule has 3 unspecified atom stereocenters. The Morgan fingerprint density at radius 1 is 0.714 bits per heavy atom. The molecule has 6 nitrogen and oxygen atoms in total. The molecule has 21 heavy (non-hydrogen) atoms. The Balaban J connectivity index is 3.54. The van der Waals surface area contributed by atoms with Crippen LogP contribution in [0.2, 0.25) is 0 Å². The largest absolute Gasteiger partial charge is 0.378 e. The van der Waals surface area contributed by atoms with Crippen molar-refractivity contribution < 1.29 is 18.9 Å². The highest BCUT2D eigenvalue weighted by Gasteiger charge is 2.09. The van der Waals surface area contributed by atoms with E-state index in [1.807, 2.05) is 32.9 Å². The van der Waals surface area contributed by atoms with Gasteiger partial charge in [-0.1, -0.05) is 0 Å². The molecule has 0 rings (SSSR count). The van der Waals surface area contributed by atoms with Gasteiger partial charge in [0, 0.05) is 0 Å². The van der Waals surface area contributed by atoms with E-state index < -0.39 is 0 Å². The number of nitrogens with zero attached hydrogens (tertiary/aromatic N) is 2. The molecule has 0 fully saturated rings. The van der Waals surface area contributed by atoms with Gasteiger partial charge in [0.25, 0.3) is 0 Å². The molecule has 0 aliphatic carbocycles. The van der Waals surface area contributed by atoms with E-state index in [9.17, 15) is 0 Å². The van der Waals surface area contributed by atoms with Crippen LogP contribution in [0.15, 0.2) is 0 Å². The minimum absolute atomic E-state index is 0.0287. The van der Waals surface area contributed by atoms with E-state index in [0.29, 0.717) is 45.9 Å². The van der Waals surface area contributed by atoms with E-state index in [1.54, 1.807) is 0 Å². The van der Waals surface area contributed by atoms with Crippen LogP contribution in [0.4, 0.5) is 0 Å². The van der Waals surface area contributed by atoms with Gasteiger partial charge >= 0.3 is 0 Å². The van der Waals surface area contributed by atoms with Gasteiger partial charge in [-0.05, 0) is 20.8 Å². The molecule has 3 atom stereocenters. The lowest BCUT2D eigenvalue weighted by molar-refractivity contribution is -0.0791. The summed E-state index contributed by atoms with van der Waals surface area (Å²) in [7, 11) is 0. The van der Waals surface area contributed by atoms with Crippen LogP contribution in [0.25, 0.3) is 0 Å². The van der Waals surface area contributed by atoms with E-state index in [4.69, 9.17) is 29.5 Å². The Hall–Kier alpha value is -1.18. The van der Waals surface area contributed by atoms with Crippen molar-refractivity contribution in [3.05, 3.63) is 0 Å². The first kappa shape index (κ1) is 19.8. The predicted octanol–water partition coefficient (Wildman–Crippen LogP) is 2.05. The molecular weight excluding hydrogens is 272 g/mol. The van der Waals surface area contributed by atoms with Crippen molar-refractivity contribution in [2.45, 2.75) is 51.9 Å². The third-order valence-corrected chi connectivity index (χ3v) is 2.56. The second-order valence-electron chi connectivity index (χ2n) is 4.86. The van der Waals surface area contributed by atoms with Crippen LogP contribution in [0, 0.1) is 22.7 Å². The molecule has 120 valence electrons. The lowest BCUT2D eigenvalue weighted by Crippen LogP contribution is -2.26. The van der Waals surface area contributed by atoms with E-state index in [2.05, 4.69) is 0 Å². The zero-order valence-electron chi connectivity index (χ0n) is 13.2. The number of ether oxygens (including phenoxy) is 4. The summed E-state index contributed by atoms with van der Waals surface area (Å²) < 4.78 is 21.9. The fourth-order valence-corrected chi connectivity index (χ4v) is 1.42. The van der Waals surface area contributed by atoms with Gasteiger partial charge in [0.15, 0.2) is 0 Å². The zero-order chi connectivity index (χ0) is 15.9. The molecule has 0 aromatic carbocycles. The Kier molecular flexibility index (Phi) is 13.0. The van der Waals surface area contributed by atoms with Crippen LogP contribution in [-0.2, 0) is 18.9 Å². The number of rotatable bonds is 13. The number of nitriles is 2. The van der Waals surface area contributed by atoms with Crippen molar-refractivity contribution in [1.82, 2.24) is 0 Å². The Labute approximate surface area is 127 Å². The van der Waals surface area contributed by atoms with Gasteiger partial charge in [-0.15, -0.1) is 0 Å². The molecule has 0 aromatic rings. The Morgan fingerprint density at radius 2 is 1.19 bits per heavy atom. The van der Waals surface area contributed by atoms with Gasteiger partial charge in [0.1, 0.15) is 0 Å². The first-order valence-corrected chi connectivity index (χ1v) is 7.26.